The van der Waals surface area contributed by atoms with Gasteiger partial charge in [0.05, 0.1) is 11.3 Å². The second-order valence-electron chi connectivity index (χ2n) is 7.09. The highest BCUT2D eigenvalue weighted by Gasteiger charge is 2.19. The first-order chi connectivity index (χ1) is 14.0. The summed E-state index contributed by atoms with van der Waals surface area (Å²) in [7, 11) is 0. The van der Waals surface area contributed by atoms with Crippen LogP contribution in [0.1, 0.15) is 37.6 Å². The molecule has 0 bridgehead atoms. The summed E-state index contributed by atoms with van der Waals surface area (Å²) in [6.07, 6.45) is 0.110. The van der Waals surface area contributed by atoms with Crippen molar-refractivity contribution in [3.63, 3.8) is 0 Å². The molecule has 0 spiro atoms. The summed E-state index contributed by atoms with van der Waals surface area (Å²) in [4.78, 5) is 25.2. The Hall–Kier alpha value is -3.34. The topological polar surface area (TPSA) is 67.4 Å². The molecule has 5 nitrogen and oxygen atoms in total. The van der Waals surface area contributed by atoms with E-state index in [1.165, 1.54) is 0 Å². The lowest BCUT2D eigenvalue weighted by molar-refractivity contribution is -0.122. The molecule has 2 unspecified atom stereocenters. The molecule has 0 aromatic heterocycles. The van der Waals surface area contributed by atoms with E-state index in [0.717, 1.165) is 17.2 Å². The van der Waals surface area contributed by atoms with Crippen LogP contribution in [0.3, 0.4) is 0 Å². The van der Waals surface area contributed by atoms with E-state index in [2.05, 4.69) is 10.6 Å². The molecule has 2 atom stereocenters. The van der Waals surface area contributed by atoms with Crippen molar-refractivity contribution in [1.82, 2.24) is 5.32 Å². The van der Waals surface area contributed by atoms with Crippen molar-refractivity contribution < 1.29 is 14.3 Å². The maximum absolute atomic E-state index is 12.7. The number of anilines is 1. The first-order valence-corrected chi connectivity index (χ1v) is 9.84. The lowest BCUT2D eigenvalue weighted by atomic mass is 10.1. The van der Waals surface area contributed by atoms with Crippen molar-refractivity contribution in [3.05, 3.63) is 72.3 Å². The van der Waals surface area contributed by atoms with Gasteiger partial charge in [0.2, 0.25) is 0 Å². The van der Waals surface area contributed by atoms with Gasteiger partial charge in [0.1, 0.15) is 5.75 Å². The van der Waals surface area contributed by atoms with Crippen molar-refractivity contribution in [2.45, 2.75) is 39.3 Å². The minimum absolute atomic E-state index is 0.0569. The Labute approximate surface area is 171 Å². The molecule has 150 valence electrons. The van der Waals surface area contributed by atoms with Gasteiger partial charge in [-0.15, -0.1) is 0 Å². The molecule has 0 aliphatic carbocycles. The average molecular weight is 390 g/mol. The van der Waals surface area contributed by atoms with Crippen LogP contribution in [0.4, 0.5) is 5.69 Å². The van der Waals surface area contributed by atoms with Crippen LogP contribution in [0.2, 0.25) is 0 Å². The highest BCUT2D eigenvalue weighted by Crippen LogP contribution is 2.22. The summed E-state index contributed by atoms with van der Waals surface area (Å²) in [6, 6.07) is 20.7. The zero-order chi connectivity index (χ0) is 20.8. The number of rotatable bonds is 7. The van der Waals surface area contributed by atoms with E-state index in [1.54, 1.807) is 31.2 Å². The van der Waals surface area contributed by atoms with Crippen LogP contribution in [0, 0.1) is 0 Å². The van der Waals surface area contributed by atoms with Gasteiger partial charge in [0, 0.05) is 6.04 Å². The van der Waals surface area contributed by atoms with Gasteiger partial charge in [0.25, 0.3) is 11.8 Å². The van der Waals surface area contributed by atoms with Crippen molar-refractivity contribution in [2.75, 3.05) is 5.32 Å². The summed E-state index contributed by atoms with van der Waals surface area (Å²) in [5.74, 6) is 0.0921. The second kappa shape index (κ2) is 9.24. The minimum atomic E-state index is -0.721. The van der Waals surface area contributed by atoms with Crippen molar-refractivity contribution in [2.24, 2.45) is 0 Å². The molecule has 2 N–H and O–H groups in total. The maximum Gasteiger partial charge on any atom is 0.265 e. The SMILES string of the molecule is CCC(C)NC(=O)c1ccccc1NC(=O)C(C)Oc1ccc2ccccc2c1. The largest absolute Gasteiger partial charge is 0.481 e. The summed E-state index contributed by atoms with van der Waals surface area (Å²) in [5, 5.41) is 7.89. The number of fused-ring (bicyclic) bond motifs is 1. The molecular formula is C24H26N2O3. The van der Waals surface area contributed by atoms with Crippen LogP contribution in [0.25, 0.3) is 10.8 Å². The molecule has 3 aromatic carbocycles. The van der Waals surface area contributed by atoms with Crippen LogP contribution < -0.4 is 15.4 Å². The summed E-state index contributed by atoms with van der Waals surface area (Å²) < 4.78 is 5.83. The van der Waals surface area contributed by atoms with Gasteiger partial charge in [-0.1, -0.05) is 49.4 Å². The van der Waals surface area contributed by atoms with E-state index in [0.29, 0.717) is 17.0 Å². The van der Waals surface area contributed by atoms with Gasteiger partial charge in [-0.05, 0) is 55.3 Å². The van der Waals surface area contributed by atoms with Crippen molar-refractivity contribution >= 4 is 28.3 Å². The van der Waals surface area contributed by atoms with Gasteiger partial charge in [-0.2, -0.15) is 0 Å². The Morgan fingerprint density at radius 3 is 2.38 bits per heavy atom. The van der Waals surface area contributed by atoms with Gasteiger partial charge in [-0.3, -0.25) is 9.59 Å². The molecule has 0 fully saturated rings. The van der Waals surface area contributed by atoms with E-state index < -0.39 is 6.10 Å². The Kier molecular flexibility index (Phi) is 6.50. The van der Waals surface area contributed by atoms with Gasteiger partial charge < -0.3 is 15.4 Å². The Bertz CT molecular complexity index is 1020. The first kappa shape index (κ1) is 20.4. The minimum Gasteiger partial charge on any atom is -0.481 e. The fraction of sp³-hybridized carbons (Fsp3) is 0.250. The molecule has 3 aromatic rings. The highest BCUT2D eigenvalue weighted by atomic mass is 16.5. The quantitative estimate of drug-likeness (QED) is 0.610. The smallest absolute Gasteiger partial charge is 0.265 e. The number of hydrogen-bond acceptors (Lipinski definition) is 3. The first-order valence-electron chi connectivity index (χ1n) is 9.84. The molecule has 5 heteroatoms. The number of ether oxygens (including phenoxy) is 1. The monoisotopic (exact) mass is 390 g/mol. The van der Waals surface area contributed by atoms with Crippen LogP contribution in [-0.2, 0) is 4.79 Å². The number of hydrogen-bond donors (Lipinski definition) is 2. The number of para-hydroxylation sites is 1. The molecular weight excluding hydrogens is 364 g/mol. The Balaban J connectivity index is 1.70. The van der Waals surface area contributed by atoms with Gasteiger partial charge in [-0.25, -0.2) is 0 Å². The molecule has 29 heavy (non-hydrogen) atoms. The zero-order valence-corrected chi connectivity index (χ0v) is 16.9. The molecule has 0 saturated heterocycles. The molecule has 0 heterocycles. The maximum atomic E-state index is 12.7. The number of amides is 2. The fourth-order valence-corrected chi connectivity index (χ4v) is 2.93. The fourth-order valence-electron chi connectivity index (χ4n) is 2.93. The lowest BCUT2D eigenvalue weighted by Gasteiger charge is -2.17. The molecule has 2 amide bonds. The number of benzene rings is 3. The van der Waals surface area contributed by atoms with Crippen LogP contribution >= 0.6 is 0 Å². The summed E-state index contributed by atoms with van der Waals surface area (Å²) >= 11 is 0. The molecule has 3 rings (SSSR count). The number of carbonyl (C=O) groups is 2. The standard InChI is InChI=1S/C24H26N2O3/c1-4-16(2)25-24(28)21-11-7-8-12-22(21)26-23(27)17(3)29-20-14-13-18-9-5-6-10-19(18)15-20/h5-17H,4H2,1-3H3,(H,25,28)(H,26,27). The third-order valence-electron chi connectivity index (χ3n) is 4.82. The van der Waals surface area contributed by atoms with E-state index in [9.17, 15) is 9.59 Å². The predicted octanol–water partition coefficient (Wildman–Crippen LogP) is 4.77. The van der Waals surface area contributed by atoms with Crippen LogP contribution in [0.5, 0.6) is 5.75 Å². The Morgan fingerprint density at radius 1 is 0.931 bits per heavy atom. The lowest BCUT2D eigenvalue weighted by Crippen LogP contribution is -2.34. The third-order valence-corrected chi connectivity index (χ3v) is 4.82. The molecule has 0 saturated carbocycles. The van der Waals surface area contributed by atoms with Gasteiger partial charge in [0.15, 0.2) is 6.10 Å². The molecule has 0 radical (unpaired) electrons. The zero-order valence-electron chi connectivity index (χ0n) is 16.9. The number of carbonyl (C=O) groups excluding carboxylic acids is 2. The van der Waals surface area contributed by atoms with Crippen LogP contribution in [-0.4, -0.2) is 24.0 Å². The van der Waals surface area contributed by atoms with E-state index >= 15 is 0 Å². The highest BCUT2D eigenvalue weighted by molar-refractivity contribution is 6.04. The Morgan fingerprint density at radius 2 is 1.62 bits per heavy atom. The van der Waals surface area contributed by atoms with Crippen molar-refractivity contribution in [3.8, 4) is 5.75 Å². The van der Waals surface area contributed by atoms with E-state index in [4.69, 9.17) is 4.74 Å². The van der Waals surface area contributed by atoms with Crippen molar-refractivity contribution in [1.29, 1.82) is 0 Å². The predicted molar refractivity (Wildman–Crippen MR) is 116 cm³/mol. The normalized spacial score (nSPS) is 12.8. The average Bonchev–Trinajstić information content (AvgIpc) is 2.73. The summed E-state index contributed by atoms with van der Waals surface area (Å²) in [6.45, 7) is 5.63. The number of nitrogens with one attached hydrogen (secondary N) is 2. The third kappa shape index (κ3) is 5.13. The van der Waals surface area contributed by atoms with E-state index in [1.807, 2.05) is 56.3 Å². The molecule has 0 aliphatic heterocycles. The second-order valence-corrected chi connectivity index (χ2v) is 7.09. The summed E-state index contributed by atoms with van der Waals surface area (Å²) in [5.41, 5.74) is 0.895. The van der Waals surface area contributed by atoms with Crippen LogP contribution in [0.15, 0.2) is 66.7 Å². The van der Waals surface area contributed by atoms with Gasteiger partial charge >= 0.3 is 0 Å². The van der Waals surface area contributed by atoms with E-state index in [-0.39, 0.29) is 17.9 Å². The molecule has 0 aliphatic rings.